The average molecular weight is 610 g/mol. The van der Waals surface area contributed by atoms with E-state index in [-0.39, 0.29) is 16.8 Å². The lowest BCUT2D eigenvalue weighted by Gasteiger charge is -2.39. The zero-order valence-electron chi connectivity index (χ0n) is 21.4. The second-order valence-corrected chi connectivity index (χ2v) is 10.5. The number of benzene rings is 1. The summed E-state index contributed by atoms with van der Waals surface area (Å²) in [5.41, 5.74) is -2.47. The number of carbonyl (C=O) groups excluding carboxylic acids is 1. The van der Waals surface area contributed by atoms with Crippen LogP contribution in [0.4, 0.5) is 29.6 Å². The van der Waals surface area contributed by atoms with Crippen LogP contribution >= 0.6 is 11.9 Å². The number of alkyl halides is 3. The molecule has 1 aliphatic carbocycles. The number of ether oxygens (including phenoxy) is 1. The van der Waals surface area contributed by atoms with Crippen molar-refractivity contribution in [1.82, 2.24) is 20.0 Å². The molecule has 0 aliphatic heterocycles. The van der Waals surface area contributed by atoms with Crippen molar-refractivity contribution < 1.29 is 58.4 Å². The minimum atomic E-state index is -4.39. The summed E-state index contributed by atoms with van der Waals surface area (Å²) < 4.78 is 44.3. The van der Waals surface area contributed by atoms with E-state index in [0.717, 1.165) is 5.56 Å². The van der Waals surface area contributed by atoms with Crippen LogP contribution < -0.4 is 15.4 Å². The molecule has 0 spiro atoms. The van der Waals surface area contributed by atoms with Gasteiger partial charge in [0.05, 0.1) is 6.42 Å². The molecule has 1 fully saturated rings. The fourth-order valence-corrected chi connectivity index (χ4v) is 4.79. The van der Waals surface area contributed by atoms with Gasteiger partial charge < -0.3 is 51.1 Å². The first-order chi connectivity index (χ1) is 18.9. The standard InChI is InChI=1S/C23H30F3N5O9S/c1-12(9-20(24,25)26)29-19(32)40-16-5-2-13(8-16)14-10-27-18(28-11-14)30-15-3-6-17(7-4-15)41-31-21(33,22(34,35)36)23(37,38)39/h3-4,6-7,10-13,16,31,33-39H,2,5,8-9H2,1H3,(H,29,32)(H,27,28,30). The summed E-state index contributed by atoms with van der Waals surface area (Å²) in [4.78, 5) is 20.7. The number of nitrogens with one attached hydrogen (secondary N) is 3. The molecule has 41 heavy (non-hydrogen) atoms. The zero-order chi connectivity index (χ0) is 30.6. The van der Waals surface area contributed by atoms with Crippen LogP contribution in [0, 0.1) is 0 Å². The van der Waals surface area contributed by atoms with E-state index in [1.165, 1.54) is 31.2 Å². The van der Waals surface area contributed by atoms with Crippen LogP contribution in [0.25, 0.3) is 0 Å². The molecule has 0 bridgehead atoms. The Labute approximate surface area is 235 Å². The molecule has 1 aromatic carbocycles. The molecule has 3 atom stereocenters. The van der Waals surface area contributed by atoms with Crippen molar-refractivity contribution in [3.8, 4) is 0 Å². The first-order valence-electron chi connectivity index (χ1n) is 12.1. The molecule has 1 heterocycles. The summed E-state index contributed by atoms with van der Waals surface area (Å²) in [5, 5.41) is 70.1. The van der Waals surface area contributed by atoms with Gasteiger partial charge in [0.25, 0.3) is 5.72 Å². The molecule has 3 rings (SSSR count). The Morgan fingerprint density at radius 1 is 1.02 bits per heavy atom. The number of hydrogen-bond acceptors (Lipinski definition) is 14. The third-order valence-corrected chi connectivity index (χ3v) is 7.01. The molecule has 1 saturated carbocycles. The molecule has 228 valence electrons. The molecular formula is C23H30F3N5O9S. The van der Waals surface area contributed by atoms with E-state index in [2.05, 4.69) is 20.6 Å². The van der Waals surface area contributed by atoms with Crippen molar-refractivity contribution in [2.45, 2.75) is 79.4 Å². The van der Waals surface area contributed by atoms with Crippen molar-refractivity contribution >= 4 is 29.7 Å². The second-order valence-electron chi connectivity index (χ2n) is 9.58. The van der Waals surface area contributed by atoms with Crippen molar-refractivity contribution in [3.05, 3.63) is 42.2 Å². The largest absolute Gasteiger partial charge is 0.446 e. The molecule has 1 aromatic heterocycles. The Balaban J connectivity index is 1.50. The van der Waals surface area contributed by atoms with Crippen LogP contribution in [0.5, 0.6) is 0 Å². The van der Waals surface area contributed by atoms with Gasteiger partial charge in [-0.3, -0.25) is 0 Å². The third-order valence-electron chi connectivity index (χ3n) is 6.10. The third kappa shape index (κ3) is 9.09. The number of nitrogens with zero attached hydrogens (tertiary/aromatic N) is 2. The molecule has 2 aromatic rings. The van der Waals surface area contributed by atoms with Gasteiger partial charge in [-0.25, -0.2) is 19.5 Å². The van der Waals surface area contributed by atoms with Crippen LogP contribution in [-0.4, -0.2) is 87.8 Å². The normalized spacial score (nSPS) is 19.1. The van der Waals surface area contributed by atoms with Gasteiger partial charge in [0.1, 0.15) is 6.10 Å². The van der Waals surface area contributed by atoms with Crippen molar-refractivity contribution in [2.75, 3.05) is 5.32 Å². The number of alkyl carbamates (subject to hydrolysis) is 1. The van der Waals surface area contributed by atoms with E-state index < -0.39 is 48.5 Å². The predicted octanol–water partition coefficient (Wildman–Crippen LogP) is 0.470. The highest BCUT2D eigenvalue weighted by molar-refractivity contribution is 7.97. The minimum absolute atomic E-state index is 0.0112. The van der Waals surface area contributed by atoms with Gasteiger partial charge in [-0.2, -0.15) is 13.2 Å². The number of amides is 1. The highest BCUT2D eigenvalue weighted by atomic mass is 32.2. The predicted molar refractivity (Wildman–Crippen MR) is 135 cm³/mol. The van der Waals surface area contributed by atoms with Crippen molar-refractivity contribution in [3.63, 3.8) is 0 Å². The molecular weight excluding hydrogens is 579 g/mol. The van der Waals surface area contributed by atoms with Gasteiger partial charge in [-0.05, 0) is 73.9 Å². The Kier molecular flexibility index (Phi) is 10.0. The van der Waals surface area contributed by atoms with Gasteiger partial charge in [-0.1, -0.05) is 0 Å². The molecule has 14 nitrogen and oxygen atoms in total. The Bertz CT molecular complexity index is 1150. The molecule has 3 unspecified atom stereocenters. The quantitative estimate of drug-likeness (QED) is 0.123. The van der Waals surface area contributed by atoms with E-state index in [4.69, 9.17) is 4.74 Å². The van der Waals surface area contributed by atoms with E-state index in [9.17, 15) is 53.7 Å². The number of halogens is 3. The lowest BCUT2D eigenvalue weighted by Crippen LogP contribution is -2.74. The molecule has 0 radical (unpaired) electrons. The number of aliphatic hydroxyl groups is 7. The maximum atomic E-state index is 12.4. The summed E-state index contributed by atoms with van der Waals surface area (Å²) in [7, 11) is 0. The topological polar surface area (TPSA) is 230 Å². The summed E-state index contributed by atoms with van der Waals surface area (Å²) >= 11 is 0.421. The summed E-state index contributed by atoms with van der Waals surface area (Å²) in [6.07, 6.45) is -2.04. The summed E-state index contributed by atoms with van der Waals surface area (Å²) in [6, 6.07) is 4.87. The van der Waals surface area contributed by atoms with E-state index in [1.807, 2.05) is 0 Å². The van der Waals surface area contributed by atoms with Crippen LogP contribution in [0.1, 0.15) is 44.1 Å². The fourth-order valence-electron chi connectivity index (χ4n) is 3.98. The number of aromatic nitrogens is 2. The van der Waals surface area contributed by atoms with Crippen molar-refractivity contribution in [1.29, 1.82) is 0 Å². The van der Waals surface area contributed by atoms with Crippen LogP contribution in [-0.2, 0) is 4.74 Å². The highest BCUT2D eigenvalue weighted by Gasteiger charge is 2.62. The minimum Gasteiger partial charge on any atom is -0.446 e. The molecule has 18 heteroatoms. The molecule has 0 saturated heterocycles. The number of rotatable bonds is 11. The van der Waals surface area contributed by atoms with E-state index in [1.54, 1.807) is 17.1 Å². The smallest absolute Gasteiger partial charge is 0.407 e. The second kappa shape index (κ2) is 12.6. The van der Waals surface area contributed by atoms with Gasteiger partial charge in [0.2, 0.25) is 5.95 Å². The Hall–Kier alpha value is -2.81. The van der Waals surface area contributed by atoms with Crippen molar-refractivity contribution in [2.24, 2.45) is 0 Å². The molecule has 1 amide bonds. The van der Waals surface area contributed by atoms with Crippen LogP contribution in [0.2, 0.25) is 0 Å². The number of hydrogen-bond donors (Lipinski definition) is 10. The van der Waals surface area contributed by atoms with Gasteiger partial charge in [0, 0.05) is 29.0 Å². The fraction of sp³-hybridized carbons (Fsp3) is 0.522. The number of carbonyl (C=O) groups is 1. The Morgan fingerprint density at radius 2 is 1.61 bits per heavy atom. The van der Waals surface area contributed by atoms with E-state index in [0.29, 0.717) is 36.9 Å². The SMILES string of the molecule is CC(CC(F)(F)F)NC(=O)OC1CCC(c2cnc(Nc3ccc(SNC(O)(C(O)(O)O)C(O)(O)O)cc3)nc2)C1. The monoisotopic (exact) mass is 609 g/mol. The first-order valence-corrected chi connectivity index (χ1v) is 12.9. The first kappa shape index (κ1) is 32.7. The summed E-state index contributed by atoms with van der Waals surface area (Å²) in [6.45, 7) is 1.25. The highest BCUT2D eigenvalue weighted by Crippen LogP contribution is 2.36. The molecule has 10 N–H and O–H groups in total. The summed E-state index contributed by atoms with van der Waals surface area (Å²) in [5.74, 6) is -8.05. The maximum Gasteiger partial charge on any atom is 0.407 e. The van der Waals surface area contributed by atoms with Crippen LogP contribution in [0.15, 0.2) is 41.6 Å². The van der Waals surface area contributed by atoms with Gasteiger partial charge in [-0.15, -0.1) is 0 Å². The maximum absolute atomic E-state index is 12.4. The van der Waals surface area contributed by atoms with Gasteiger partial charge in [0.15, 0.2) is 0 Å². The van der Waals surface area contributed by atoms with E-state index >= 15 is 0 Å². The lowest BCUT2D eigenvalue weighted by atomic mass is 10.0. The van der Waals surface area contributed by atoms with Gasteiger partial charge >= 0.3 is 24.2 Å². The molecule has 1 aliphatic rings. The average Bonchev–Trinajstić information content (AvgIpc) is 3.29. The van der Waals surface area contributed by atoms with Crippen LogP contribution in [0.3, 0.4) is 0 Å². The lowest BCUT2D eigenvalue weighted by molar-refractivity contribution is -0.497. The number of anilines is 2. The zero-order valence-corrected chi connectivity index (χ0v) is 22.2. The Morgan fingerprint density at radius 3 is 2.15 bits per heavy atom.